The molecule has 0 radical (unpaired) electrons. The molecule has 2 aliphatic rings. The molecular weight excluding hydrogens is 207 g/mol. The average Bonchev–Trinajstić information content (AvgIpc) is 2.84. The van der Waals surface area contributed by atoms with E-state index in [-0.39, 0.29) is 17.9 Å². The normalized spacial score (nSPS) is 34.4. The molecule has 1 saturated heterocycles. The van der Waals surface area contributed by atoms with Crippen molar-refractivity contribution in [3.63, 3.8) is 0 Å². The SMILES string of the molecule is NC1CCCC1C(=O)N1CCC[C@H]1B(O)O. The van der Waals surface area contributed by atoms with Gasteiger partial charge in [0.05, 0.1) is 11.9 Å². The van der Waals surface area contributed by atoms with Crippen LogP contribution < -0.4 is 5.73 Å². The molecule has 2 rings (SSSR count). The Kier molecular flexibility index (Phi) is 3.52. The van der Waals surface area contributed by atoms with Gasteiger partial charge in [-0.15, -0.1) is 0 Å². The lowest BCUT2D eigenvalue weighted by molar-refractivity contribution is -0.135. The van der Waals surface area contributed by atoms with Crippen LogP contribution in [-0.2, 0) is 4.79 Å². The zero-order chi connectivity index (χ0) is 11.7. The van der Waals surface area contributed by atoms with Gasteiger partial charge in [0, 0.05) is 12.6 Å². The summed E-state index contributed by atoms with van der Waals surface area (Å²) in [4.78, 5) is 13.8. The van der Waals surface area contributed by atoms with Crippen molar-refractivity contribution in [3.05, 3.63) is 0 Å². The third-order valence-corrected chi connectivity index (χ3v) is 3.81. The summed E-state index contributed by atoms with van der Waals surface area (Å²) in [5.74, 6) is -0.528. The summed E-state index contributed by atoms with van der Waals surface area (Å²) < 4.78 is 0. The van der Waals surface area contributed by atoms with Gasteiger partial charge in [-0.2, -0.15) is 0 Å². The molecular formula is C10H19BN2O3. The lowest BCUT2D eigenvalue weighted by Gasteiger charge is -2.28. The van der Waals surface area contributed by atoms with E-state index in [0.29, 0.717) is 13.0 Å². The van der Waals surface area contributed by atoms with Crippen LogP contribution in [0.4, 0.5) is 0 Å². The van der Waals surface area contributed by atoms with Crippen molar-refractivity contribution < 1.29 is 14.8 Å². The number of rotatable bonds is 2. The van der Waals surface area contributed by atoms with Gasteiger partial charge < -0.3 is 20.7 Å². The summed E-state index contributed by atoms with van der Waals surface area (Å²) in [6.45, 7) is 0.629. The molecule has 1 amide bonds. The van der Waals surface area contributed by atoms with E-state index in [1.807, 2.05) is 0 Å². The van der Waals surface area contributed by atoms with Gasteiger partial charge in [0.15, 0.2) is 0 Å². The number of carbonyl (C=O) groups is 1. The van der Waals surface area contributed by atoms with Gasteiger partial charge >= 0.3 is 7.12 Å². The van der Waals surface area contributed by atoms with E-state index in [1.165, 1.54) is 0 Å². The second-order valence-electron chi connectivity index (χ2n) is 4.86. The van der Waals surface area contributed by atoms with Crippen LogP contribution in [-0.4, -0.2) is 46.5 Å². The first-order valence-corrected chi connectivity index (χ1v) is 6.03. The minimum absolute atomic E-state index is 0.0144. The molecule has 0 spiro atoms. The number of hydrogen-bond acceptors (Lipinski definition) is 4. The second-order valence-corrected chi connectivity index (χ2v) is 4.86. The van der Waals surface area contributed by atoms with Gasteiger partial charge in [0.2, 0.25) is 5.91 Å². The Morgan fingerprint density at radius 2 is 2.00 bits per heavy atom. The maximum Gasteiger partial charge on any atom is 0.475 e. The highest BCUT2D eigenvalue weighted by atomic mass is 16.4. The van der Waals surface area contributed by atoms with E-state index in [1.54, 1.807) is 4.90 Å². The smallest absolute Gasteiger partial charge is 0.426 e. The van der Waals surface area contributed by atoms with Crippen LogP contribution in [0.5, 0.6) is 0 Å². The molecule has 1 saturated carbocycles. The predicted octanol–water partition coefficient (Wildman–Crippen LogP) is -0.883. The molecule has 90 valence electrons. The molecule has 5 nitrogen and oxygen atoms in total. The highest BCUT2D eigenvalue weighted by Gasteiger charge is 2.41. The molecule has 0 aromatic rings. The van der Waals surface area contributed by atoms with E-state index in [9.17, 15) is 14.8 Å². The van der Waals surface area contributed by atoms with Crippen molar-refractivity contribution in [1.29, 1.82) is 0 Å². The largest absolute Gasteiger partial charge is 0.475 e. The van der Waals surface area contributed by atoms with Crippen molar-refractivity contribution in [2.24, 2.45) is 11.7 Å². The molecule has 0 aromatic heterocycles. The topological polar surface area (TPSA) is 86.8 Å². The van der Waals surface area contributed by atoms with Crippen molar-refractivity contribution >= 4 is 13.0 Å². The number of nitrogens with zero attached hydrogens (tertiary/aromatic N) is 1. The Balaban J connectivity index is 2.03. The van der Waals surface area contributed by atoms with Crippen LogP contribution in [0, 0.1) is 5.92 Å². The van der Waals surface area contributed by atoms with Crippen LogP contribution in [0.3, 0.4) is 0 Å². The molecule has 1 aliphatic heterocycles. The third-order valence-electron chi connectivity index (χ3n) is 3.81. The lowest BCUT2D eigenvalue weighted by Crippen LogP contribution is -2.49. The number of likely N-dealkylation sites (tertiary alicyclic amines) is 1. The Labute approximate surface area is 95.8 Å². The fraction of sp³-hybridized carbons (Fsp3) is 0.900. The summed E-state index contributed by atoms with van der Waals surface area (Å²) in [6, 6.07) is -0.0513. The summed E-state index contributed by atoms with van der Waals surface area (Å²) >= 11 is 0. The van der Waals surface area contributed by atoms with Gasteiger partial charge in [-0.05, 0) is 25.7 Å². The highest BCUT2D eigenvalue weighted by Crippen LogP contribution is 2.29. The Morgan fingerprint density at radius 3 is 2.56 bits per heavy atom. The minimum Gasteiger partial charge on any atom is -0.426 e. The molecule has 3 atom stereocenters. The van der Waals surface area contributed by atoms with Crippen molar-refractivity contribution in [2.75, 3.05) is 6.54 Å². The molecule has 16 heavy (non-hydrogen) atoms. The van der Waals surface area contributed by atoms with Gasteiger partial charge in [-0.25, -0.2) is 0 Å². The zero-order valence-corrected chi connectivity index (χ0v) is 9.38. The summed E-state index contributed by atoms with van der Waals surface area (Å²) in [6.07, 6.45) is 4.25. The molecule has 2 unspecified atom stereocenters. The van der Waals surface area contributed by atoms with Gasteiger partial charge in [0.25, 0.3) is 0 Å². The molecule has 1 heterocycles. The minimum atomic E-state index is -1.43. The van der Waals surface area contributed by atoms with Crippen molar-refractivity contribution in [2.45, 2.75) is 44.1 Å². The molecule has 0 bridgehead atoms. The maximum absolute atomic E-state index is 12.2. The third kappa shape index (κ3) is 2.10. The first-order chi connectivity index (χ1) is 7.61. The maximum atomic E-state index is 12.2. The Hall–Kier alpha value is -0.585. The molecule has 2 fully saturated rings. The summed E-state index contributed by atoms with van der Waals surface area (Å²) in [5, 5.41) is 18.4. The first-order valence-electron chi connectivity index (χ1n) is 6.03. The molecule has 6 heteroatoms. The van der Waals surface area contributed by atoms with Crippen LogP contribution in [0.15, 0.2) is 0 Å². The van der Waals surface area contributed by atoms with Gasteiger partial charge in [-0.3, -0.25) is 4.79 Å². The lowest BCUT2D eigenvalue weighted by atomic mass is 9.77. The van der Waals surface area contributed by atoms with Crippen LogP contribution >= 0.6 is 0 Å². The van der Waals surface area contributed by atoms with Crippen LogP contribution in [0.2, 0.25) is 0 Å². The Morgan fingerprint density at radius 1 is 1.25 bits per heavy atom. The fourth-order valence-electron chi connectivity index (χ4n) is 2.88. The van der Waals surface area contributed by atoms with E-state index < -0.39 is 13.1 Å². The zero-order valence-electron chi connectivity index (χ0n) is 9.38. The number of amides is 1. The first kappa shape index (κ1) is 11.9. The monoisotopic (exact) mass is 226 g/mol. The predicted molar refractivity (Wildman–Crippen MR) is 60.2 cm³/mol. The summed E-state index contributed by atoms with van der Waals surface area (Å²) in [7, 11) is -1.43. The van der Waals surface area contributed by atoms with Gasteiger partial charge in [-0.1, -0.05) is 6.42 Å². The van der Waals surface area contributed by atoms with Gasteiger partial charge in [0.1, 0.15) is 0 Å². The van der Waals surface area contributed by atoms with Crippen LogP contribution in [0.1, 0.15) is 32.1 Å². The molecule has 4 N–H and O–H groups in total. The van der Waals surface area contributed by atoms with Crippen LogP contribution in [0.25, 0.3) is 0 Å². The Bertz CT molecular complexity index is 275. The summed E-state index contributed by atoms with van der Waals surface area (Å²) in [5.41, 5.74) is 5.90. The highest BCUT2D eigenvalue weighted by molar-refractivity contribution is 6.43. The van der Waals surface area contributed by atoms with E-state index in [2.05, 4.69) is 0 Å². The van der Waals surface area contributed by atoms with Crippen molar-refractivity contribution in [1.82, 2.24) is 4.90 Å². The quantitative estimate of drug-likeness (QED) is 0.533. The van der Waals surface area contributed by atoms with E-state index in [0.717, 1.165) is 25.7 Å². The average molecular weight is 226 g/mol. The number of nitrogens with two attached hydrogens (primary N) is 1. The second kappa shape index (κ2) is 4.73. The number of carbonyl (C=O) groups excluding carboxylic acids is 1. The van der Waals surface area contributed by atoms with E-state index >= 15 is 0 Å². The fourth-order valence-corrected chi connectivity index (χ4v) is 2.88. The molecule has 1 aliphatic carbocycles. The standard InChI is InChI=1S/C10H19BN2O3/c12-8-4-1-3-7(8)10(14)13-6-2-5-9(13)11(15)16/h7-9,15-16H,1-6,12H2/t7?,8?,9-/m0/s1. The molecule has 0 aromatic carbocycles. The van der Waals surface area contributed by atoms with Crippen molar-refractivity contribution in [3.8, 4) is 0 Å². The number of hydrogen-bond donors (Lipinski definition) is 3. The van der Waals surface area contributed by atoms with E-state index in [4.69, 9.17) is 5.73 Å².